The van der Waals surface area contributed by atoms with Gasteiger partial charge in [-0.2, -0.15) is 0 Å². The lowest BCUT2D eigenvalue weighted by Crippen LogP contribution is -2.43. The molecule has 1 heterocycles. The summed E-state index contributed by atoms with van der Waals surface area (Å²) >= 11 is 0. The second-order valence-electron chi connectivity index (χ2n) is 5.58. The van der Waals surface area contributed by atoms with Crippen molar-refractivity contribution in [2.45, 2.75) is 45.3 Å². The summed E-state index contributed by atoms with van der Waals surface area (Å²) in [6, 6.07) is 0.0173. The van der Waals surface area contributed by atoms with Crippen molar-refractivity contribution >= 4 is 9.84 Å². The van der Waals surface area contributed by atoms with Gasteiger partial charge in [0.25, 0.3) is 0 Å². The number of nitrogens with one attached hydrogen (secondary N) is 1. The molecule has 0 spiro atoms. The van der Waals surface area contributed by atoms with Crippen LogP contribution in [0.4, 0.5) is 0 Å². The van der Waals surface area contributed by atoms with Crippen LogP contribution in [0.25, 0.3) is 0 Å². The van der Waals surface area contributed by atoms with Crippen LogP contribution >= 0.6 is 0 Å². The van der Waals surface area contributed by atoms with Crippen LogP contribution in [-0.4, -0.2) is 43.2 Å². The zero-order chi connectivity index (χ0) is 12.4. The van der Waals surface area contributed by atoms with Crippen LogP contribution in [0.15, 0.2) is 0 Å². The SMILES string of the molecule is CC(C)CC(C)(O)CNC1CCS(=O)(=O)C1. The molecule has 0 aromatic carbocycles. The van der Waals surface area contributed by atoms with E-state index in [-0.39, 0.29) is 17.5 Å². The lowest BCUT2D eigenvalue weighted by atomic mass is 9.94. The second kappa shape index (κ2) is 5.02. The summed E-state index contributed by atoms with van der Waals surface area (Å²) in [6.45, 7) is 6.39. The average molecular weight is 249 g/mol. The summed E-state index contributed by atoms with van der Waals surface area (Å²) in [6.07, 6.45) is 1.39. The van der Waals surface area contributed by atoms with Gasteiger partial charge in [-0.25, -0.2) is 8.42 Å². The molecule has 1 fully saturated rings. The Morgan fingerprint density at radius 2 is 2.12 bits per heavy atom. The van der Waals surface area contributed by atoms with Gasteiger partial charge in [0.2, 0.25) is 0 Å². The van der Waals surface area contributed by atoms with Crippen molar-refractivity contribution in [3.8, 4) is 0 Å². The minimum Gasteiger partial charge on any atom is -0.389 e. The van der Waals surface area contributed by atoms with Crippen LogP contribution in [0.1, 0.15) is 33.6 Å². The van der Waals surface area contributed by atoms with E-state index in [1.54, 1.807) is 6.92 Å². The van der Waals surface area contributed by atoms with Crippen LogP contribution < -0.4 is 5.32 Å². The van der Waals surface area contributed by atoms with Crippen molar-refractivity contribution in [3.05, 3.63) is 0 Å². The minimum absolute atomic E-state index is 0.0173. The Bertz CT molecular complexity index is 322. The highest BCUT2D eigenvalue weighted by Crippen LogP contribution is 2.17. The molecule has 0 saturated carbocycles. The quantitative estimate of drug-likeness (QED) is 0.747. The van der Waals surface area contributed by atoms with Gasteiger partial charge in [0.15, 0.2) is 9.84 Å². The molecule has 0 aromatic heterocycles. The molecule has 2 unspecified atom stereocenters. The Labute approximate surface area is 98.4 Å². The van der Waals surface area contributed by atoms with Gasteiger partial charge in [0, 0.05) is 12.6 Å². The third kappa shape index (κ3) is 4.80. The highest BCUT2D eigenvalue weighted by atomic mass is 32.2. The zero-order valence-corrected chi connectivity index (χ0v) is 11.2. The molecule has 2 N–H and O–H groups in total. The summed E-state index contributed by atoms with van der Waals surface area (Å²) in [4.78, 5) is 0. The normalized spacial score (nSPS) is 28.2. The van der Waals surface area contributed by atoms with E-state index in [9.17, 15) is 13.5 Å². The van der Waals surface area contributed by atoms with Crippen LogP contribution in [0.2, 0.25) is 0 Å². The van der Waals surface area contributed by atoms with Crippen molar-refractivity contribution in [1.29, 1.82) is 0 Å². The molecule has 0 radical (unpaired) electrons. The summed E-state index contributed by atoms with van der Waals surface area (Å²) in [5.41, 5.74) is -0.749. The number of rotatable bonds is 5. The Hall–Kier alpha value is -0.130. The highest BCUT2D eigenvalue weighted by Gasteiger charge is 2.30. The topological polar surface area (TPSA) is 66.4 Å². The molecule has 0 amide bonds. The largest absolute Gasteiger partial charge is 0.389 e. The van der Waals surface area contributed by atoms with Crippen LogP contribution in [0.3, 0.4) is 0 Å². The molecule has 1 aliphatic rings. The van der Waals surface area contributed by atoms with Gasteiger partial charge < -0.3 is 10.4 Å². The van der Waals surface area contributed by atoms with Gasteiger partial charge in [-0.05, 0) is 25.7 Å². The summed E-state index contributed by atoms with van der Waals surface area (Å²) in [7, 11) is -2.83. The fourth-order valence-electron chi connectivity index (χ4n) is 2.27. The minimum atomic E-state index is -2.83. The van der Waals surface area contributed by atoms with E-state index in [1.165, 1.54) is 0 Å². The predicted molar refractivity (Wildman–Crippen MR) is 65.1 cm³/mol. The van der Waals surface area contributed by atoms with Crippen molar-refractivity contribution in [1.82, 2.24) is 5.32 Å². The van der Waals surface area contributed by atoms with E-state index in [4.69, 9.17) is 0 Å². The van der Waals surface area contributed by atoms with Crippen molar-refractivity contribution in [2.24, 2.45) is 5.92 Å². The molecule has 16 heavy (non-hydrogen) atoms. The summed E-state index contributed by atoms with van der Waals surface area (Å²) in [5.74, 6) is 0.922. The Morgan fingerprint density at radius 1 is 1.50 bits per heavy atom. The fourth-order valence-corrected chi connectivity index (χ4v) is 3.98. The molecule has 2 atom stereocenters. The van der Waals surface area contributed by atoms with Crippen molar-refractivity contribution < 1.29 is 13.5 Å². The average Bonchev–Trinajstić information content (AvgIpc) is 2.40. The fraction of sp³-hybridized carbons (Fsp3) is 1.00. The van der Waals surface area contributed by atoms with E-state index in [0.717, 1.165) is 6.42 Å². The van der Waals surface area contributed by atoms with Gasteiger partial charge in [-0.3, -0.25) is 0 Å². The molecule has 0 aliphatic carbocycles. The lowest BCUT2D eigenvalue weighted by Gasteiger charge is -2.27. The second-order valence-corrected chi connectivity index (χ2v) is 7.80. The number of aliphatic hydroxyl groups is 1. The smallest absolute Gasteiger partial charge is 0.151 e. The van der Waals surface area contributed by atoms with Crippen molar-refractivity contribution in [2.75, 3.05) is 18.1 Å². The molecule has 5 heteroatoms. The molecule has 4 nitrogen and oxygen atoms in total. The molecule has 0 aromatic rings. The first-order valence-corrected chi connectivity index (χ1v) is 7.68. The van der Waals surface area contributed by atoms with E-state index in [0.29, 0.717) is 18.9 Å². The van der Waals surface area contributed by atoms with E-state index in [1.807, 2.05) is 0 Å². The monoisotopic (exact) mass is 249 g/mol. The van der Waals surface area contributed by atoms with Gasteiger partial charge >= 0.3 is 0 Å². The highest BCUT2D eigenvalue weighted by molar-refractivity contribution is 7.91. The molecule has 1 saturated heterocycles. The van der Waals surface area contributed by atoms with E-state index in [2.05, 4.69) is 19.2 Å². The Morgan fingerprint density at radius 3 is 2.56 bits per heavy atom. The molecular formula is C11H23NO3S. The molecule has 0 bridgehead atoms. The predicted octanol–water partition coefficient (Wildman–Crippen LogP) is 0.560. The third-order valence-electron chi connectivity index (χ3n) is 2.85. The molecular weight excluding hydrogens is 226 g/mol. The van der Waals surface area contributed by atoms with Crippen LogP contribution in [-0.2, 0) is 9.84 Å². The van der Waals surface area contributed by atoms with Gasteiger partial charge in [0.05, 0.1) is 17.1 Å². The molecule has 1 rings (SSSR count). The maximum atomic E-state index is 11.2. The maximum absolute atomic E-state index is 11.2. The molecule has 96 valence electrons. The van der Waals surface area contributed by atoms with E-state index >= 15 is 0 Å². The summed E-state index contributed by atoms with van der Waals surface area (Å²) in [5, 5.41) is 13.2. The first-order chi connectivity index (χ1) is 7.20. The Kier molecular flexibility index (Phi) is 4.37. The van der Waals surface area contributed by atoms with E-state index < -0.39 is 15.4 Å². The maximum Gasteiger partial charge on any atom is 0.151 e. The molecule has 1 aliphatic heterocycles. The van der Waals surface area contributed by atoms with Gasteiger partial charge in [-0.1, -0.05) is 13.8 Å². The van der Waals surface area contributed by atoms with Crippen LogP contribution in [0, 0.1) is 5.92 Å². The third-order valence-corrected chi connectivity index (χ3v) is 4.62. The van der Waals surface area contributed by atoms with Crippen molar-refractivity contribution in [3.63, 3.8) is 0 Å². The Balaban J connectivity index is 2.35. The zero-order valence-electron chi connectivity index (χ0n) is 10.4. The van der Waals surface area contributed by atoms with Gasteiger partial charge in [0.1, 0.15) is 0 Å². The number of sulfone groups is 1. The standard InChI is InChI=1S/C11H23NO3S/c1-9(2)6-11(3,13)8-12-10-4-5-16(14,15)7-10/h9-10,12-13H,4-8H2,1-3H3. The first-order valence-electron chi connectivity index (χ1n) is 5.86. The van der Waals surface area contributed by atoms with Crippen LogP contribution in [0.5, 0.6) is 0 Å². The summed E-state index contributed by atoms with van der Waals surface area (Å²) < 4.78 is 22.5. The van der Waals surface area contributed by atoms with Gasteiger partial charge in [-0.15, -0.1) is 0 Å². The number of hydrogen-bond donors (Lipinski definition) is 2. The lowest BCUT2D eigenvalue weighted by molar-refractivity contribution is 0.0366. The number of hydrogen-bond acceptors (Lipinski definition) is 4. The first kappa shape index (κ1) is 13.9.